The molecule has 1 aromatic carbocycles. The van der Waals surface area contributed by atoms with Crippen LogP contribution in [-0.2, 0) is 16.6 Å². The number of anilines is 1. The Morgan fingerprint density at radius 3 is 2.90 bits per heavy atom. The Labute approximate surface area is 171 Å². The Morgan fingerprint density at radius 1 is 1.31 bits per heavy atom. The number of benzene rings is 1. The maximum absolute atomic E-state index is 13.1. The van der Waals surface area contributed by atoms with Gasteiger partial charge in [-0.3, -0.25) is 9.48 Å². The number of carbonyl (C=O) groups excluding carboxylic acids is 1. The number of para-hydroxylation sites is 1. The molecule has 1 saturated heterocycles. The second-order valence-electron chi connectivity index (χ2n) is 7.78. The van der Waals surface area contributed by atoms with Crippen LogP contribution in [0.1, 0.15) is 42.2 Å². The lowest BCUT2D eigenvalue weighted by Crippen LogP contribution is -2.54. The van der Waals surface area contributed by atoms with Gasteiger partial charge in [0.1, 0.15) is 4.90 Å². The van der Waals surface area contributed by atoms with Gasteiger partial charge in [0.2, 0.25) is 10.0 Å². The van der Waals surface area contributed by atoms with Crippen molar-refractivity contribution in [1.29, 1.82) is 0 Å². The number of nitrogens with zero attached hydrogens (tertiary/aromatic N) is 3. The molecule has 9 heteroatoms. The van der Waals surface area contributed by atoms with Crippen molar-refractivity contribution in [3.63, 3.8) is 0 Å². The fourth-order valence-electron chi connectivity index (χ4n) is 4.17. The number of carbonyl (C=O) groups is 1. The highest BCUT2D eigenvalue weighted by molar-refractivity contribution is 7.89. The number of sulfonamides is 1. The molecule has 2 aromatic rings. The molecular weight excluding hydrogens is 390 g/mol. The molecule has 3 heterocycles. The van der Waals surface area contributed by atoms with Gasteiger partial charge in [0.25, 0.3) is 5.91 Å². The third kappa shape index (κ3) is 3.89. The maximum Gasteiger partial charge on any atom is 0.257 e. The van der Waals surface area contributed by atoms with E-state index in [1.807, 2.05) is 28.8 Å². The summed E-state index contributed by atoms with van der Waals surface area (Å²) in [6.07, 6.45) is 4.02. The molecule has 4 rings (SSSR count). The molecule has 1 amide bonds. The van der Waals surface area contributed by atoms with Gasteiger partial charge in [-0.15, -0.1) is 0 Å². The van der Waals surface area contributed by atoms with Gasteiger partial charge in [-0.2, -0.15) is 9.82 Å². The van der Waals surface area contributed by atoms with E-state index in [-0.39, 0.29) is 16.7 Å². The Hall–Kier alpha value is -2.39. The summed E-state index contributed by atoms with van der Waals surface area (Å²) in [5, 5.41) is 7.74. The number of hydrogen-bond acceptors (Lipinski definition) is 5. The summed E-state index contributed by atoms with van der Waals surface area (Å²) in [7, 11) is -3.57. The third-order valence-corrected chi connectivity index (χ3v) is 7.11. The van der Waals surface area contributed by atoms with Crippen LogP contribution in [0.25, 0.3) is 0 Å². The lowest BCUT2D eigenvalue weighted by atomic mass is 9.94. The van der Waals surface area contributed by atoms with Crippen LogP contribution < -0.4 is 10.0 Å². The van der Waals surface area contributed by atoms with Crippen molar-refractivity contribution in [2.75, 3.05) is 18.4 Å². The zero-order valence-electron chi connectivity index (χ0n) is 16.8. The molecule has 29 heavy (non-hydrogen) atoms. The molecule has 8 nitrogen and oxygen atoms in total. The van der Waals surface area contributed by atoms with Crippen molar-refractivity contribution in [2.24, 2.45) is 5.92 Å². The molecule has 2 N–H and O–H groups in total. The van der Waals surface area contributed by atoms with Gasteiger partial charge in [-0.05, 0) is 38.3 Å². The highest BCUT2D eigenvalue weighted by Crippen LogP contribution is 2.30. The standard InChI is InChI=1S/C20H27N5O3S/c1-3-10-25-13-16(14(2)22-25)20(26)24-11-6-7-15(12-24)19-21-17-8-4-5-9-18(17)29(27,28)23-19/h4-5,8-9,13,15,19,21,23H,3,6-7,10-12H2,1-2H3. The first kappa shape index (κ1) is 19.9. The normalized spacial score (nSPS) is 23.3. The van der Waals surface area contributed by atoms with Crippen molar-refractivity contribution < 1.29 is 13.2 Å². The van der Waals surface area contributed by atoms with Crippen molar-refractivity contribution in [3.05, 3.63) is 41.7 Å². The molecule has 0 bridgehead atoms. The van der Waals surface area contributed by atoms with Crippen molar-refractivity contribution in [3.8, 4) is 0 Å². The van der Waals surface area contributed by atoms with Crippen LogP contribution in [0.3, 0.4) is 0 Å². The molecule has 2 aliphatic rings. The molecule has 0 radical (unpaired) electrons. The number of aryl methyl sites for hydroxylation is 2. The Morgan fingerprint density at radius 2 is 2.10 bits per heavy atom. The molecule has 1 fully saturated rings. The Kier molecular flexibility index (Phi) is 5.35. The SMILES string of the molecule is CCCn1cc(C(=O)N2CCCC(C3Nc4ccccc4S(=O)(=O)N3)C2)c(C)n1. The van der Waals surface area contributed by atoms with Crippen LogP contribution >= 0.6 is 0 Å². The molecule has 156 valence electrons. The first-order valence-corrected chi connectivity index (χ1v) is 11.6. The van der Waals surface area contributed by atoms with E-state index in [0.717, 1.165) is 31.5 Å². The van der Waals surface area contributed by atoms with Gasteiger partial charge in [0.15, 0.2) is 0 Å². The molecule has 2 aliphatic heterocycles. The fourth-order valence-corrected chi connectivity index (χ4v) is 5.56. The van der Waals surface area contributed by atoms with E-state index in [1.165, 1.54) is 0 Å². The van der Waals surface area contributed by atoms with E-state index in [4.69, 9.17) is 0 Å². The van der Waals surface area contributed by atoms with Crippen molar-refractivity contribution in [1.82, 2.24) is 19.4 Å². The van der Waals surface area contributed by atoms with Gasteiger partial charge in [-0.1, -0.05) is 19.1 Å². The number of likely N-dealkylation sites (tertiary alicyclic amines) is 1. The van der Waals surface area contributed by atoms with Crippen molar-refractivity contribution >= 4 is 21.6 Å². The maximum atomic E-state index is 13.1. The van der Waals surface area contributed by atoms with E-state index in [2.05, 4.69) is 22.1 Å². The molecule has 0 spiro atoms. The highest BCUT2D eigenvalue weighted by Gasteiger charge is 2.37. The Bertz CT molecular complexity index is 1020. The van der Waals surface area contributed by atoms with Gasteiger partial charge < -0.3 is 10.2 Å². The summed E-state index contributed by atoms with van der Waals surface area (Å²) in [5.74, 6) is -0.0459. The summed E-state index contributed by atoms with van der Waals surface area (Å²) in [5.41, 5.74) is 1.97. The highest BCUT2D eigenvalue weighted by atomic mass is 32.2. The third-order valence-electron chi connectivity index (χ3n) is 5.62. The largest absolute Gasteiger partial charge is 0.368 e. The van der Waals surface area contributed by atoms with Crippen LogP contribution in [0.2, 0.25) is 0 Å². The van der Waals surface area contributed by atoms with Crippen molar-refractivity contribution in [2.45, 2.75) is 50.7 Å². The van der Waals surface area contributed by atoms with E-state index < -0.39 is 16.2 Å². The summed E-state index contributed by atoms with van der Waals surface area (Å²) in [4.78, 5) is 15.2. The first-order chi connectivity index (χ1) is 13.9. The summed E-state index contributed by atoms with van der Waals surface area (Å²) in [6.45, 7) is 5.88. The van der Waals surface area contributed by atoms with Crippen LogP contribution in [0.15, 0.2) is 35.4 Å². The predicted octanol–water partition coefficient (Wildman–Crippen LogP) is 2.18. The molecule has 2 atom stereocenters. The second-order valence-corrected chi connectivity index (χ2v) is 9.47. The monoisotopic (exact) mass is 417 g/mol. The molecule has 1 aromatic heterocycles. The minimum absolute atomic E-state index is 0.0122. The number of rotatable bonds is 4. The molecule has 0 saturated carbocycles. The first-order valence-electron chi connectivity index (χ1n) is 10.1. The summed E-state index contributed by atoms with van der Waals surface area (Å²) >= 11 is 0. The average molecular weight is 418 g/mol. The van der Waals surface area contributed by atoms with Gasteiger partial charge in [0.05, 0.1) is 23.1 Å². The quantitative estimate of drug-likeness (QED) is 0.795. The van der Waals surface area contributed by atoms with Gasteiger partial charge >= 0.3 is 0 Å². The summed E-state index contributed by atoms with van der Waals surface area (Å²) < 4.78 is 29.8. The van der Waals surface area contributed by atoms with Crippen LogP contribution in [0.4, 0.5) is 5.69 Å². The van der Waals surface area contributed by atoms with E-state index >= 15 is 0 Å². The number of nitrogens with one attached hydrogen (secondary N) is 2. The van der Waals surface area contributed by atoms with E-state index in [9.17, 15) is 13.2 Å². The summed E-state index contributed by atoms with van der Waals surface area (Å²) in [6, 6.07) is 6.89. The minimum atomic E-state index is -3.57. The number of piperidine rings is 1. The number of amides is 1. The predicted molar refractivity (Wildman–Crippen MR) is 110 cm³/mol. The van der Waals surface area contributed by atoms with Crippen LogP contribution in [-0.4, -0.2) is 48.3 Å². The fraction of sp³-hybridized carbons (Fsp3) is 0.500. The zero-order valence-corrected chi connectivity index (χ0v) is 17.6. The number of hydrogen-bond donors (Lipinski definition) is 2. The topological polar surface area (TPSA) is 96.3 Å². The molecule has 2 unspecified atom stereocenters. The average Bonchev–Trinajstić information content (AvgIpc) is 3.07. The molecule has 0 aliphatic carbocycles. The number of fused-ring (bicyclic) bond motifs is 1. The second kappa shape index (κ2) is 7.79. The smallest absolute Gasteiger partial charge is 0.257 e. The lowest BCUT2D eigenvalue weighted by Gasteiger charge is -2.39. The van der Waals surface area contributed by atoms with Gasteiger partial charge in [-0.25, -0.2) is 8.42 Å². The van der Waals surface area contributed by atoms with Gasteiger partial charge in [0, 0.05) is 31.7 Å². The van der Waals surface area contributed by atoms with Crippen LogP contribution in [0.5, 0.6) is 0 Å². The van der Waals surface area contributed by atoms with E-state index in [1.54, 1.807) is 18.2 Å². The zero-order chi connectivity index (χ0) is 20.6. The number of aromatic nitrogens is 2. The molecular formula is C20H27N5O3S. The lowest BCUT2D eigenvalue weighted by molar-refractivity contribution is 0.0658. The minimum Gasteiger partial charge on any atom is -0.368 e. The van der Waals surface area contributed by atoms with Crippen LogP contribution in [0, 0.1) is 12.8 Å². The van der Waals surface area contributed by atoms with E-state index in [0.29, 0.717) is 24.3 Å². The Balaban J connectivity index is 1.51.